The Morgan fingerprint density at radius 1 is 1.34 bits per heavy atom. The molecule has 3 rings (SSSR count). The van der Waals surface area contributed by atoms with Crippen molar-refractivity contribution < 1.29 is 18.7 Å². The number of hydrogen-bond acceptors (Lipinski definition) is 7. The number of anilines is 1. The van der Waals surface area contributed by atoms with Gasteiger partial charge in [0.15, 0.2) is 0 Å². The van der Waals surface area contributed by atoms with Crippen molar-refractivity contribution in [3.8, 4) is 11.8 Å². The second-order valence-electron chi connectivity index (χ2n) is 8.74. The smallest absolute Gasteiger partial charge is 0.237 e. The summed E-state index contributed by atoms with van der Waals surface area (Å²) < 4.78 is 18.3. The minimum absolute atomic E-state index is 0.0316. The summed E-state index contributed by atoms with van der Waals surface area (Å²) in [6.45, 7) is 6.16. The lowest BCUT2D eigenvalue weighted by molar-refractivity contribution is -0.131. The van der Waals surface area contributed by atoms with E-state index in [2.05, 4.69) is 15.5 Å². The number of hydrogen-bond donors (Lipinski definition) is 2. The van der Waals surface area contributed by atoms with Crippen LogP contribution >= 0.6 is 11.8 Å². The quantitative estimate of drug-likeness (QED) is 0.401. The lowest BCUT2D eigenvalue weighted by Gasteiger charge is -2.23. The van der Waals surface area contributed by atoms with Gasteiger partial charge < -0.3 is 20.3 Å². The van der Waals surface area contributed by atoms with Crippen molar-refractivity contribution in [2.45, 2.75) is 43.2 Å². The number of carbonyl (C=O) groups is 2. The summed E-state index contributed by atoms with van der Waals surface area (Å²) in [5.41, 5.74) is 0.942. The van der Waals surface area contributed by atoms with Crippen LogP contribution in [0.25, 0.3) is 0 Å². The van der Waals surface area contributed by atoms with E-state index in [0.717, 1.165) is 31.1 Å². The van der Waals surface area contributed by atoms with Crippen molar-refractivity contribution in [1.82, 2.24) is 15.1 Å². The van der Waals surface area contributed by atoms with Crippen LogP contribution in [-0.2, 0) is 9.59 Å². The summed E-state index contributed by atoms with van der Waals surface area (Å²) in [5, 5.41) is 14.7. The number of alkyl halides is 1. The second-order valence-corrected chi connectivity index (χ2v) is 10.1. The Hall–Kier alpha value is -2.51. The molecule has 10 heteroatoms. The van der Waals surface area contributed by atoms with Crippen LogP contribution in [0.4, 0.5) is 10.1 Å². The first kappa shape index (κ1) is 27.1. The molecule has 0 saturated carbocycles. The number of nitrogens with one attached hydrogen (secondary N) is 2. The third-order valence-electron chi connectivity index (χ3n) is 6.32. The summed E-state index contributed by atoms with van der Waals surface area (Å²) >= 11 is 1.50. The van der Waals surface area contributed by atoms with E-state index in [1.54, 1.807) is 4.90 Å². The van der Waals surface area contributed by atoms with Gasteiger partial charge in [0.2, 0.25) is 11.8 Å². The Morgan fingerprint density at radius 3 is 2.86 bits per heavy atom. The number of likely N-dealkylation sites (tertiary alicyclic amines) is 1. The molecule has 1 aromatic rings. The number of benzene rings is 1. The monoisotopic (exact) mass is 505 g/mol. The van der Waals surface area contributed by atoms with Gasteiger partial charge in [-0.2, -0.15) is 5.26 Å². The number of halogens is 1. The van der Waals surface area contributed by atoms with E-state index in [1.165, 1.54) is 24.6 Å². The Morgan fingerprint density at radius 2 is 2.14 bits per heavy atom. The Kier molecular flexibility index (Phi) is 10.9. The van der Waals surface area contributed by atoms with Crippen molar-refractivity contribution in [1.29, 1.82) is 5.26 Å². The van der Waals surface area contributed by atoms with Crippen LogP contribution in [0.15, 0.2) is 24.3 Å². The molecule has 8 nitrogen and oxygen atoms in total. The van der Waals surface area contributed by atoms with Crippen LogP contribution in [0.2, 0.25) is 0 Å². The molecule has 0 aromatic heterocycles. The maximum Gasteiger partial charge on any atom is 0.237 e. The summed E-state index contributed by atoms with van der Waals surface area (Å²) in [7, 11) is 0. The fraction of sp³-hybridized carbons (Fsp3) is 0.640. The molecule has 35 heavy (non-hydrogen) atoms. The highest BCUT2D eigenvalue weighted by atomic mass is 32.2. The van der Waals surface area contributed by atoms with Crippen molar-refractivity contribution in [2.75, 3.05) is 57.9 Å². The van der Waals surface area contributed by atoms with Crippen molar-refractivity contribution in [3.63, 3.8) is 0 Å². The van der Waals surface area contributed by atoms with E-state index in [9.17, 15) is 19.2 Å². The summed E-state index contributed by atoms with van der Waals surface area (Å²) in [4.78, 5) is 29.2. The van der Waals surface area contributed by atoms with E-state index in [0.29, 0.717) is 26.1 Å². The molecule has 2 aliphatic rings. The van der Waals surface area contributed by atoms with E-state index in [4.69, 9.17) is 4.74 Å². The molecule has 3 unspecified atom stereocenters. The fourth-order valence-electron chi connectivity index (χ4n) is 4.44. The molecule has 2 fully saturated rings. The predicted molar refractivity (Wildman–Crippen MR) is 136 cm³/mol. The molecule has 2 aliphatic heterocycles. The van der Waals surface area contributed by atoms with E-state index in [-0.39, 0.29) is 29.5 Å². The van der Waals surface area contributed by atoms with E-state index in [1.807, 2.05) is 37.3 Å². The average molecular weight is 506 g/mol. The lowest BCUT2D eigenvalue weighted by Crippen LogP contribution is -2.38. The van der Waals surface area contributed by atoms with E-state index >= 15 is 0 Å². The molecule has 2 amide bonds. The molecule has 2 saturated heterocycles. The largest absolute Gasteiger partial charge is 0.492 e. The summed E-state index contributed by atoms with van der Waals surface area (Å²) in [6.07, 6.45) is 3.40. The maximum absolute atomic E-state index is 12.9. The molecule has 2 N–H and O–H groups in total. The molecule has 192 valence electrons. The first-order valence-corrected chi connectivity index (χ1v) is 13.4. The molecule has 2 heterocycles. The minimum atomic E-state index is -0.911. The first-order valence-electron chi connectivity index (χ1n) is 12.4. The van der Waals surface area contributed by atoms with Gasteiger partial charge in [-0.05, 0) is 51.4 Å². The van der Waals surface area contributed by atoms with Crippen LogP contribution in [0.1, 0.15) is 32.6 Å². The van der Waals surface area contributed by atoms with Gasteiger partial charge in [-0.3, -0.25) is 14.5 Å². The zero-order valence-electron chi connectivity index (χ0n) is 20.4. The van der Waals surface area contributed by atoms with Crippen LogP contribution in [0, 0.1) is 17.2 Å². The molecule has 0 bridgehead atoms. The molecule has 3 atom stereocenters. The Bertz CT molecular complexity index is 877. The fourth-order valence-corrected chi connectivity index (χ4v) is 6.03. The van der Waals surface area contributed by atoms with Gasteiger partial charge in [0.05, 0.1) is 16.7 Å². The standard InChI is InChI=1S/C25H36FN5O3S/c1-2-31-23(16-19(18-27)24(32)29-11-9-26)35-22(25(31)33)8-10-28-20-6-5-7-21(17-20)34-15-14-30-12-3-4-13-30/h5-7,17,19,22-23,28H,2-4,8-16H2,1H3,(H,29,32). The third-order valence-corrected chi connectivity index (χ3v) is 7.84. The zero-order chi connectivity index (χ0) is 25.0. The van der Waals surface area contributed by atoms with Gasteiger partial charge in [-0.25, -0.2) is 4.39 Å². The molecular formula is C25H36FN5O3S. The highest BCUT2D eigenvalue weighted by molar-refractivity contribution is 8.01. The van der Waals surface area contributed by atoms with Crippen molar-refractivity contribution in [3.05, 3.63) is 24.3 Å². The van der Waals surface area contributed by atoms with Crippen LogP contribution in [-0.4, -0.2) is 84.8 Å². The Labute approximate surface area is 211 Å². The van der Waals surface area contributed by atoms with Gasteiger partial charge in [-0.1, -0.05) is 6.07 Å². The SMILES string of the molecule is CCN1C(=O)C(CCNc2cccc(OCCN3CCCC3)c2)SC1CC(C#N)C(=O)NCCF. The highest BCUT2D eigenvalue weighted by Gasteiger charge is 2.40. The third kappa shape index (κ3) is 8.00. The number of ether oxygens (including phenoxy) is 1. The number of nitriles is 1. The molecule has 0 aliphatic carbocycles. The number of amides is 2. The number of nitrogens with zero attached hydrogens (tertiary/aromatic N) is 3. The van der Waals surface area contributed by atoms with Crippen LogP contribution in [0.3, 0.4) is 0 Å². The second kappa shape index (κ2) is 14.1. The number of carbonyl (C=O) groups excluding carboxylic acids is 2. The maximum atomic E-state index is 12.9. The summed E-state index contributed by atoms with van der Waals surface area (Å²) in [6, 6.07) is 9.85. The highest BCUT2D eigenvalue weighted by Crippen LogP contribution is 2.37. The number of thioether (sulfide) groups is 1. The average Bonchev–Trinajstić information content (AvgIpc) is 3.49. The molecule has 0 radical (unpaired) electrons. The van der Waals surface area contributed by atoms with Crippen LogP contribution in [0.5, 0.6) is 5.75 Å². The van der Waals surface area contributed by atoms with Gasteiger partial charge in [0, 0.05) is 44.4 Å². The van der Waals surface area contributed by atoms with Gasteiger partial charge in [0.25, 0.3) is 0 Å². The minimum Gasteiger partial charge on any atom is -0.492 e. The van der Waals surface area contributed by atoms with Crippen molar-refractivity contribution in [2.24, 2.45) is 5.92 Å². The topological polar surface area (TPSA) is 97.7 Å². The zero-order valence-corrected chi connectivity index (χ0v) is 21.2. The lowest BCUT2D eigenvalue weighted by atomic mass is 10.1. The molecular weight excluding hydrogens is 469 g/mol. The Balaban J connectivity index is 1.45. The normalized spacial score (nSPS) is 21.1. The van der Waals surface area contributed by atoms with Gasteiger partial charge >= 0.3 is 0 Å². The number of rotatable bonds is 14. The van der Waals surface area contributed by atoms with E-state index < -0.39 is 18.5 Å². The predicted octanol–water partition coefficient (Wildman–Crippen LogP) is 2.87. The molecule has 1 aromatic carbocycles. The van der Waals surface area contributed by atoms with Gasteiger partial charge in [0.1, 0.15) is 24.9 Å². The van der Waals surface area contributed by atoms with Crippen molar-refractivity contribution >= 4 is 29.3 Å². The van der Waals surface area contributed by atoms with Gasteiger partial charge in [-0.15, -0.1) is 11.8 Å². The van der Waals surface area contributed by atoms with Crippen LogP contribution < -0.4 is 15.4 Å². The summed E-state index contributed by atoms with van der Waals surface area (Å²) in [5.74, 6) is -0.539. The first-order chi connectivity index (χ1) is 17.0. The molecule has 0 spiro atoms.